The van der Waals surface area contributed by atoms with E-state index in [1.807, 2.05) is 66.2 Å². The molecule has 0 saturated carbocycles. The summed E-state index contributed by atoms with van der Waals surface area (Å²) in [5.41, 5.74) is 9.13. The van der Waals surface area contributed by atoms with Crippen molar-refractivity contribution in [2.75, 3.05) is 14.2 Å². The summed E-state index contributed by atoms with van der Waals surface area (Å²) >= 11 is 0. The number of benzene rings is 3. The van der Waals surface area contributed by atoms with E-state index in [1.165, 1.54) is 0 Å². The summed E-state index contributed by atoms with van der Waals surface area (Å²) in [6, 6.07) is 22.1. The second-order valence-corrected chi connectivity index (χ2v) is 8.40. The number of hydrazine groups is 1. The third-order valence-corrected chi connectivity index (χ3v) is 6.15. The molecule has 2 amide bonds. The number of nitrogens with zero attached hydrogens (tertiary/aromatic N) is 3. The van der Waals surface area contributed by atoms with E-state index < -0.39 is 5.91 Å². The van der Waals surface area contributed by atoms with Crippen molar-refractivity contribution in [2.45, 2.75) is 6.42 Å². The highest BCUT2D eigenvalue weighted by molar-refractivity contribution is 6.07. The van der Waals surface area contributed by atoms with Gasteiger partial charge in [0.25, 0.3) is 5.91 Å². The van der Waals surface area contributed by atoms with Gasteiger partial charge in [-0.25, -0.2) is 9.97 Å². The predicted molar refractivity (Wildman–Crippen MR) is 140 cm³/mol. The van der Waals surface area contributed by atoms with Crippen molar-refractivity contribution in [1.82, 2.24) is 25.4 Å². The van der Waals surface area contributed by atoms with Crippen LogP contribution >= 0.6 is 0 Å². The summed E-state index contributed by atoms with van der Waals surface area (Å²) in [5, 5.41) is 0.661. The van der Waals surface area contributed by atoms with Gasteiger partial charge in [0.15, 0.2) is 11.5 Å². The molecule has 2 aromatic heterocycles. The Morgan fingerprint density at radius 3 is 2.32 bits per heavy atom. The lowest BCUT2D eigenvalue weighted by molar-refractivity contribution is -0.121. The number of hydrogen-bond acceptors (Lipinski definition) is 6. The molecule has 0 fully saturated rings. The molecule has 0 unspecified atom stereocenters. The van der Waals surface area contributed by atoms with Crippen LogP contribution in [0.3, 0.4) is 0 Å². The molecule has 2 N–H and O–H groups in total. The summed E-state index contributed by atoms with van der Waals surface area (Å²) in [6.45, 7) is 0. The van der Waals surface area contributed by atoms with E-state index >= 15 is 0 Å². The number of imidazole rings is 1. The van der Waals surface area contributed by atoms with Crippen molar-refractivity contribution in [3.8, 4) is 22.8 Å². The van der Waals surface area contributed by atoms with Crippen molar-refractivity contribution in [2.24, 2.45) is 7.05 Å². The third kappa shape index (κ3) is 4.66. The minimum absolute atomic E-state index is 0.0133. The SMILES string of the molecule is COc1ccc(-c2cc(C(=O)NNC(=O)Cc3nc4ccccc4n3C)c3ccccc3n2)cc1OC. The number of ether oxygens (including phenoxy) is 2. The molecule has 0 aliphatic rings. The van der Waals surface area contributed by atoms with Crippen molar-refractivity contribution in [1.29, 1.82) is 0 Å². The van der Waals surface area contributed by atoms with E-state index in [4.69, 9.17) is 14.5 Å². The third-order valence-electron chi connectivity index (χ3n) is 6.15. The Morgan fingerprint density at radius 2 is 1.57 bits per heavy atom. The molecule has 0 aliphatic carbocycles. The summed E-state index contributed by atoms with van der Waals surface area (Å²) < 4.78 is 12.6. The number of methoxy groups -OCH3 is 2. The Balaban J connectivity index is 1.39. The van der Waals surface area contributed by atoms with Gasteiger partial charge in [-0.15, -0.1) is 0 Å². The number of carbonyl (C=O) groups excluding carboxylic acids is 2. The van der Waals surface area contributed by atoms with Gasteiger partial charge in [-0.1, -0.05) is 30.3 Å². The zero-order valence-corrected chi connectivity index (χ0v) is 20.6. The number of rotatable bonds is 6. The van der Waals surface area contributed by atoms with Crippen LogP contribution in [0, 0.1) is 0 Å². The standard InChI is InChI=1S/C28H25N5O4/c1-33-23-11-7-6-10-21(23)30-26(33)16-27(34)31-32-28(35)19-15-22(29-20-9-5-4-8-18(19)20)17-12-13-24(36-2)25(14-17)37-3/h4-15H,16H2,1-3H3,(H,31,34)(H,32,35). The molecule has 5 rings (SSSR count). The monoisotopic (exact) mass is 495 g/mol. The first-order valence-electron chi connectivity index (χ1n) is 11.6. The summed E-state index contributed by atoms with van der Waals surface area (Å²) in [5.74, 6) is 0.894. The van der Waals surface area contributed by atoms with Crippen molar-refractivity contribution >= 4 is 33.8 Å². The smallest absolute Gasteiger partial charge is 0.270 e. The summed E-state index contributed by atoms with van der Waals surface area (Å²) in [4.78, 5) is 35.1. The maximum atomic E-state index is 13.2. The lowest BCUT2D eigenvalue weighted by Crippen LogP contribution is -2.42. The molecule has 9 nitrogen and oxygen atoms in total. The number of carbonyl (C=O) groups is 2. The van der Waals surface area contributed by atoms with Crippen LogP contribution in [-0.2, 0) is 18.3 Å². The minimum atomic E-state index is -0.460. The second-order valence-electron chi connectivity index (χ2n) is 8.40. The van der Waals surface area contributed by atoms with Gasteiger partial charge in [0.2, 0.25) is 5.91 Å². The molecule has 0 aliphatic heterocycles. The maximum absolute atomic E-state index is 13.2. The molecule has 0 radical (unpaired) electrons. The van der Waals surface area contributed by atoms with Crippen molar-refractivity contribution < 1.29 is 19.1 Å². The Morgan fingerprint density at radius 1 is 0.838 bits per heavy atom. The normalized spacial score (nSPS) is 10.9. The lowest BCUT2D eigenvalue weighted by atomic mass is 10.0. The molecule has 0 bridgehead atoms. The van der Waals surface area contributed by atoms with Crippen molar-refractivity contribution in [3.63, 3.8) is 0 Å². The highest BCUT2D eigenvalue weighted by Gasteiger charge is 2.17. The van der Waals surface area contributed by atoms with E-state index in [-0.39, 0.29) is 12.3 Å². The topological polar surface area (TPSA) is 107 Å². The zero-order valence-electron chi connectivity index (χ0n) is 20.6. The molecule has 2 heterocycles. The predicted octanol–water partition coefficient (Wildman–Crippen LogP) is 3.81. The van der Waals surface area contributed by atoms with Gasteiger partial charge < -0.3 is 14.0 Å². The molecule has 0 spiro atoms. The fraction of sp³-hybridized carbons (Fsp3) is 0.143. The van der Waals surface area contributed by atoms with Crippen LogP contribution in [0.5, 0.6) is 11.5 Å². The Hall–Kier alpha value is -4.92. The Kier molecular flexibility index (Phi) is 6.42. The van der Waals surface area contributed by atoms with E-state index in [0.29, 0.717) is 39.5 Å². The second kappa shape index (κ2) is 9.98. The van der Waals surface area contributed by atoms with Crippen LogP contribution in [0.25, 0.3) is 33.2 Å². The highest BCUT2D eigenvalue weighted by Crippen LogP contribution is 2.33. The lowest BCUT2D eigenvalue weighted by Gasteiger charge is -2.13. The van der Waals surface area contributed by atoms with E-state index in [9.17, 15) is 9.59 Å². The molecular weight excluding hydrogens is 470 g/mol. The summed E-state index contributed by atoms with van der Waals surface area (Å²) in [6.07, 6.45) is 0.0133. The Labute approximate surface area is 213 Å². The first-order chi connectivity index (χ1) is 18.0. The average molecular weight is 496 g/mol. The number of hydrogen-bond donors (Lipinski definition) is 2. The van der Waals surface area contributed by atoms with Gasteiger partial charge in [0.1, 0.15) is 5.82 Å². The fourth-order valence-electron chi connectivity index (χ4n) is 4.24. The average Bonchev–Trinajstić information content (AvgIpc) is 3.25. The number of fused-ring (bicyclic) bond motifs is 2. The van der Waals surface area contributed by atoms with Gasteiger partial charge in [-0.3, -0.25) is 20.4 Å². The van der Waals surface area contributed by atoms with E-state index in [0.717, 1.165) is 16.6 Å². The molecule has 37 heavy (non-hydrogen) atoms. The van der Waals surface area contributed by atoms with Gasteiger partial charge in [0.05, 0.1) is 48.4 Å². The first-order valence-corrected chi connectivity index (χ1v) is 11.6. The number of pyridine rings is 1. The van der Waals surface area contributed by atoms with Crippen LogP contribution in [0.4, 0.5) is 0 Å². The molecule has 9 heteroatoms. The molecule has 3 aromatic carbocycles. The summed E-state index contributed by atoms with van der Waals surface area (Å²) in [7, 11) is 4.98. The highest BCUT2D eigenvalue weighted by atomic mass is 16.5. The van der Waals surface area contributed by atoms with Gasteiger partial charge >= 0.3 is 0 Å². The number of nitrogens with one attached hydrogen (secondary N) is 2. The first kappa shape index (κ1) is 23.8. The Bertz CT molecular complexity index is 1640. The number of para-hydroxylation sites is 3. The van der Waals surface area contributed by atoms with Crippen LogP contribution in [0.15, 0.2) is 72.8 Å². The molecule has 5 aromatic rings. The van der Waals surface area contributed by atoms with Crippen LogP contribution < -0.4 is 20.3 Å². The number of amides is 2. The number of aromatic nitrogens is 3. The van der Waals surface area contributed by atoms with Crippen LogP contribution in [0.2, 0.25) is 0 Å². The van der Waals surface area contributed by atoms with E-state index in [1.54, 1.807) is 32.4 Å². The zero-order chi connectivity index (χ0) is 25.9. The fourth-order valence-corrected chi connectivity index (χ4v) is 4.24. The molecule has 0 atom stereocenters. The van der Waals surface area contributed by atoms with Gasteiger partial charge in [-0.05, 0) is 42.5 Å². The van der Waals surface area contributed by atoms with Gasteiger partial charge in [-0.2, -0.15) is 0 Å². The molecule has 186 valence electrons. The van der Waals surface area contributed by atoms with Crippen LogP contribution in [0.1, 0.15) is 16.2 Å². The molecule has 0 saturated heterocycles. The van der Waals surface area contributed by atoms with Gasteiger partial charge in [0, 0.05) is 18.0 Å². The van der Waals surface area contributed by atoms with Crippen molar-refractivity contribution in [3.05, 3.63) is 84.2 Å². The number of aryl methyl sites for hydroxylation is 1. The van der Waals surface area contributed by atoms with Crippen LogP contribution in [-0.4, -0.2) is 40.6 Å². The minimum Gasteiger partial charge on any atom is -0.493 e. The van der Waals surface area contributed by atoms with E-state index in [2.05, 4.69) is 15.8 Å². The quantitative estimate of drug-likeness (QED) is 0.347. The largest absolute Gasteiger partial charge is 0.493 e. The molecular formula is C28H25N5O4. The maximum Gasteiger partial charge on any atom is 0.270 e.